The van der Waals surface area contributed by atoms with Crippen LogP contribution in [0, 0.1) is 0 Å². The zero-order valence-corrected chi connectivity index (χ0v) is 11.7. The van der Waals surface area contributed by atoms with E-state index in [1.807, 2.05) is 18.2 Å². The van der Waals surface area contributed by atoms with Crippen LogP contribution in [0.25, 0.3) is 0 Å². The average Bonchev–Trinajstić information content (AvgIpc) is 2.49. The minimum absolute atomic E-state index is 0.0433. The normalized spacial score (nSPS) is 10.8. The van der Waals surface area contributed by atoms with Crippen LogP contribution >= 0.6 is 0 Å². The van der Waals surface area contributed by atoms with Crippen molar-refractivity contribution in [2.45, 2.75) is 6.61 Å². The van der Waals surface area contributed by atoms with Gasteiger partial charge in [0.2, 0.25) is 0 Å². The first-order chi connectivity index (χ1) is 9.93. The Kier molecular flexibility index (Phi) is 11.0. The molecule has 0 unspecified atom stereocenters. The first kappa shape index (κ1) is 17.0. The molecule has 20 heavy (non-hydrogen) atoms. The SMILES string of the molecule is OCCOCCOCCOCCOCc1ccccn1. The van der Waals surface area contributed by atoms with E-state index >= 15 is 0 Å². The molecule has 1 heterocycles. The summed E-state index contributed by atoms with van der Waals surface area (Å²) in [4.78, 5) is 4.15. The van der Waals surface area contributed by atoms with Gasteiger partial charge in [0.05, 0.1) is 65.2 Å². The summed E-state index contributed by atoms with van der Waals surface area (Å²) < 4.78 is 21.1. The Hall–Kier alpha value is -1.05. The van der Waals surface area contributed by atoms with E-state index in [1.165, 1.54) is 0 Å². The number of aliphatic hydroxyl groups is 1. The van der Waals surface area contributed by atoms with Crippen LogP contribution in [0.15, 0.2) is 24.4 Å². The van der Waals surface area contributed by atoms with Crippen LogP contribution in [0.4, 0.5) is 0 Å². The Labute approximate surface area is 119 Å². The minimum Gasteiger partial charge on any atom is -0.394 e. The molecule has 0 aromatic carbocycles. The fourth-order valence-electron chi connectivity index (χ4n) is 1.38. The molecule has 0 atom stereocenters. The van der Waals surface area contributed by atoms with E-state index < -0.39 is 0 Å². The standard InChI is InChI=1S/C14H23NO5/c16-5-6-17-7-8-18-9-10-19-11-12-20-13-14-3-1-2-4-15-14/h1-4,16H,5-13H2. The van der Waals surface area contributed by atoms with E-state index in [2.05, 4.69) is 4.98 Å². The van der Waals surface area contributed by atoms with Gasteiger partial charge in [-0.2, -0.15) is 0 Å². The van der Waals surface area contributed by atoms with Crippen molar-refractivity contribution >= 4 is 0 Å². The molecule has 0 bridgehead atoms. The van der Waals surface area contributed by atoms with Gasteiger partial charge in [0.1, 0.15) is 0 Å². The van der Waals surface area contributed by atoms with Crippen molar-refractivity contribution in [1.29, 1.82) is 0 Å². The average molecular weight is 285 g/mol. The van der Waals surface area contributed by atoms with Crippen molar-refractivity contribution in [3.8, 4) is 0 Å². The summed E-state index contributed by atoms with van der Waals surface area (Å²) in [5.41, 5.74) is 0.915. The highest BCUT2D eigenvalue weighted by atomic mass is 16.6. The van der Waals surface area contributed by atoms with E-state index in [0.29, 0.717) is 52.9 Å². The van der Waals surface area contributed by atoms with Gasteiger partial charge in [-0.15, -0.1) is 0 Å². The van der Waals surface area contributed by atoms with Gasteiger partial charge in [0.15, 0.2) is 0 Å². The van der Waals surface area contributed by atoms with Gasteiger partial charge in [0.25, 0.3) is 0 Å². The van der Waals surface area contributed by atoms with Crippen molar-refractivity contribution in [1.82, 2.24) is 4.98 Å². The van der Waals surface area contributed by atoms with E-state index in [0.717, 1.165) is 5.69 Å². The molecule has 0 amide bonds. The molecule has 1 aromatic rings. The van der Waals surface area contributed by atoms with Gasteiger partial charge < -0.3 is 24.1 Å². The Balaban J connectivity index is 1.77. The number of aliphatic hydroxyl groups excluding tert-OH is 1. The largest absolute Gasteiger partial charge is 0.394 e. The number of hydrogen-bond donors (Lipinski definition) is 1. The Bertz CT molecular complexity index is 310. The quantitative estimate of drug-likeness (QED) is 0.536. The maximum absolute atomic E-state index is 8.48. The zero-order valence-electron chi connectivity index (χ0n) is 11.7. The lowest BCUT2D eigenvalue weighted by Crippen LogP contribution is -2.12. The topological polar surface area (TPSA) is 70.0 Å². The minimum atomic E-state index is 0.0433. The molecule has 6 nitrogen and oxygen atoms in total. The molecular weight excluding hydrogens is 262 g/mol. The lowest BCUT2D eigenvalue weighted by atomic mass is 10.4. The summed E-state index contributed by atoms with van der Waals surface area (Å²) in [5.74, 6) is 0. The first-order valence-corrected chi connectivity index (χ1v) is 6.75. The second kappa shape index (κ2) is 13.0. The molecule has 6 heteroatoms. The molecule has 0 aliphatic rings. The number of hydrogen-bond acceptors (Lipinski definition) is 6. The van der Waals surface area contributed by atoms with Gasteiger partial charge in [0, 0.05) is 6.20 Å². The second-order valence-electron chi connectivity index (χ2n) is 3.93. The van der Waals surface area contributed by atoms with Gasteiger partial charge in [-0.1, -0.05) is 6.07 Å². The third-order valence-electron chi connectivity index (χ3n) is 2.33. The van der Waals surface area contributed by atoms with Crippen LogP contribution in [-0.4, -0.2) is 62.9 Å². The molecule has 1 aromatic heterocycles. The number of pyridine rings is 1. The van der Waals surface area contributed by atoms with Crippen LogP contribution in [0.1, 0.15) is 5.69 Å². The summed E-state index contributed by atoms with van der Waals surface area (Å²) in [5, 5.41) is 8.48. The van der Waals surface area contributed by atoms with Gasteiger partial charge >= 0.3 is 0 Å². The molecule has 0 spiro atoms. The molecule has 1 N–H and O–H groups in total. The molecule has 0 radical (unpaired) electrons. The summed E-state index contributed by atoms with van der Waals surface area (Å²) >= 11 is 0. The molecule has 0 saturated heterocycles. The summed E-state index contributed by atoms with van der Waals surface area (Å²) in [6.07, 6.45) is 1.75. The maximum Gasteiger partial charge on any atom is 0.0889 e. The fraction of sp³-hybridized carbons (Fsp3) is 0.643. The monoisotopic (exact) mass is 285 g/mol. The van der Waals surface area contributed by atoms with E-state index in [-0.39, 0.29) is 6.61 Å². The smallest absolute Gasteiger partial charge is 0.0889 e. The summed E-state index contributed by atoms with van der Waals surface area (Å²) in [7, 11) is 0. The predicted octanol–water partition coefficient (Wildman–Crippen LogP) is 0.640. The lowest BCUT2D eigenvalue weighted by molar-refractivity contribution is -0.00770. The molecule has 114 valence electrons. The van der Waals surface area contributed by atoms with Crippen molar-refractivity contribution in [2.75, 3.05) is 52.9 Å². The van der Waals surface area contributed by atoms with Gasteiger partial charge in [-0.3, -0.25) is 4.98 Å². The van der Waals surface area contributed by atoms with Crippen LogP contribution in [-0.2, 0) is 25.6 Å². The zero-order chi connectivity index (χ0) is 14.3. The summed E-state index contributed by atoms with van der Waals surface area (Å²) in [6, 6.07) is 5.73. The molecule has 0 saturated carbocycles. The van der Waals surface area contributed by atoms with Gasteiger partial charge in [-0.05, 0) is 12.1 Å². The van der Waals surface area contributed by atoms with Crippen LogP contribution in [0.2, 0.25) is 0 Å². The molecule has 0 fully saturated rings. The molecular formula is C14H23NO5. The highest BCUT2D eigenvalue weighted by Crippen LogP contribution is 1.95. The van der Waals surface area contributed by atoms with Crippen LogP contribution in [0.3, 0.4) is 0 Å². The lowest BCUT2D eigenvalue weighted by Gasteiger charge is -2.07. The maximum atomic E-state index is 8.48. The van der Waals surface area contributed by atoms with Crippen LogP contribution in [0.5, 0.6) is 0 Å². The number of ether oxygens (including phenoxy) is 4. The number of rotatable bonds is 13. The van der Waals surface area contributed by atoms with Crippen molar-refractivity contribution in [3.63, 3.8) is 0 Å². The highest BCUT2D eigenvalue weighted by Gasteiger charge is 1.94. The predicted molar refractivity (Wildman–Crippen MR) is 73.4 cm³/mol. The van der Waals surface area contributed by atoms with E-state index in [4.69, 9.17) is 24.1 Å². The van der Waals surface area contributed by atoms with Crippen molar-refractivity contribution < 1.29 is 24.1 Å². The molecule has 0 aliphatic heterocycles. The Morgan fingerprint density at radius 1 is 0.800 bits per heavy atom. The third kappa shape index (κ3) is 9.82. The van der Waals surface area contributed by atoms with Crippen molar-refractivity contribution in [2.24, 2.45) is 0 Å². The second-order valence-corrected chi connectivity index (χ2v) is 3.93. The number of nitrogens with zero attached hydrogens (tertiary/aromatic N) is 1. The summed E-state index contributed by atoms with van der Waals surface area (Å²) in [6.45, 7) is 4.05. The third-order valence-corrected chi connectivity index (χ3v) is 2.33. The van der Waals surface area contributed by atoms with E-state index in [9.17, 15) is 0 Å². The van der Waals surface area contributed by atoms with E-state index in [1.54, 1.807) is 6.20 Å². The van der Waals surface area contributed by atoms with Gasteiger partial charge in [-0.25, -0.2) is 0 Å². The fourth-order valence-corrected chi connectivity index (χ4v) is 1.38. The molecule has 0 aliphatic carbocycles. The Morgan fingerprint density at radius 2 is 1.40 bits per heavy atom. The van der Waals surface area contributed by atoms with Crippen LogP contribution < -0.4 is 0 Å². The molecule has 1 rings (SSSR count). The Morgan fingerprint density at radius 3 is 1.95 bits per heavy atom. The highest BCUT2D eigenvalue weighted by molar-refractivity contribution is 5.01. The van der Waals surface area contributed by atoms with Crippen molar-refractivity contribution in [3.05, 3.63) is 30.1 Å². The first-order valence-electron chi connectivity index (χ1n) is 6.75. The number of aromatic nitrogens is 1.